The number of hydrogen-bond acceptors (Lipinski definition) is 0. The Morgan fingerprint density at radius 1 is 0.400 bits per heavy atom. The van der Waals surface area contributed by atoms with E-state index in [0.29, 0.717) is 0 Å². The van der Waals surface area contributed by atoms with Crippen LogP contribution in [-0.4, -0.2) is 0 Å². The highest BCUT2D eigenvalue weighted by Crippen LogP contribution is 2.10. The first kappa shape index (κ1) is 19.7. The van der Waals surface area contributed by atoms with Crippen molar-refractivity contribution in [3.63, 3.8) is 0 Å². The summed E-state index contributed by atoms with van der Waals surface area (Å²) in [6, 6.07) is 0. The molecule has 0 aromatic carbocycles. The van der Waals surface area contributed by atoms with Crippen molar-refractivity contribution in [3.8, 4) is 0 Å². The van der Waals surface area contributed by atoms with E-state index in [1.807, 2.05) is 0 Å². The topological polar surface area (TPSA) is 0 Å². The van der Waals surface area contributed by atoms with Crippen LogP contribution in [0, 0.1) is 0 Å². The lowest BCUT2D eigenvalue weighted by molar-refractivity contribution is 0.577. The standard InChI is InChI=1S/C20H40/c1-3-5-7-9-11-13-15-17-19-20-18-16-14-12-10-8-6-4-2/h17,19H,3-16,18,20H2,1-2H3. The predicted molar refractivity (Wildman–Crippen MR) is 94.4 cm³/mol. The number of allylic oxidation sites excluding steroid dienone is 2. The molecule has 0 heteroatoms. The van der Waals surface area contributed by atoms with Crippen LogP contribution >= 0.6 is 0 Å². The molecular formula is C20H40. The Bertz CT molecular complexity index is 180. The van der Waals surface area contributed by atoms with Crippen LogP contribution in [0.15, 0.2) is 12.2 Å². The second-order valence-corrected chi connectivity index (χ2v) is 6.29. The van der Waals surface area contributed by atoms with Crippen LogP contribution in [0.1, 0.15) is 117 Å². The first-order valence-corrected chi connectivity index (χ1v) is 9.56. The first-order valence-electron chi connectivity index (χ1n) is 9.56. The lowest BCUT2D eigenvalue weighted by Gasteiger charge is -2.00. The molecule has 0 fully saturated rings. The maximum absolute atomic E-state index is 2.42. The average Bonchev–Trinajstić information content (AvgIpc) is 2.47. The molecule has 0 heterocycles. The van der Waals surface area contributed by atoms with E-state index in [2.05, 4.69) is 26.0 Å². The Kier molecular flexibility index (Phi) is 18.5. The molecule has 0 saturated heterocycles. The predicted octanol–water partition coefficient (Wildman–Crippen LogP) is 7.82. The fourth-order valence-electron chi connectivity index (χ4n) is 2.67. The van der Waals surface area contributed by atoms with Gasteiger partial charge in [-0.25, -0.2) is 0 Å². The van der Waals surface area contributed by atoms with Crippen LogP contribution in [0.5, 0.6) is 0 Å². The van der Waals surface area contributed by atoms with Crippen LogP contribution in [0.25, 0.3) is 0 Å². The molecule has 120 valence electrons. The maximum Gasteiger partial charge on any atom is -0.0351 e. The highest BCUT2D eigenvalue weighted by atomic mass is 14.0. The zero-order valence-electron chi connectivity index (χ0n) is 14.5. The number of unbranched alkanes of at least 4 members (excludes halogenated alkanes) is 14. The van der Waals surface area contributed by atoms with Gasteiger partial charge in [-0.2, -0.15) is 0 Å². The summed E-state index contributed by atoms with van der Waals surface area (Å²) in [5.41, 5.74) is 0. The molecule has 0 spiro atoms. The molecule has 0 aromatic rings. The Morgan fingerprint density at radius 3 is 1.05 bits per heavy atom. The smallest absolute Gasteiger partial charge is 0.0351 e. The van der Waals surface area contributed by atoms with E-state index < -0.39 is 0 Å². The van der Waals surface area contributed by atoms with Gasteiger partial charge in [-0.05, 0) is 25.7 Å². The van der Waals surface area contributed by atoms with Crippen molar-refractivity contribution < 1.29 is 0 Å². The minimum atomic E-state index is 1.31. The van der Waals surface area contributed by atoms with Gasteiger partial charge in [0.05, 0.1) is 0 Å². The third-order valence-corrected chi connectivity index (χ3v) is 4.12. The van der Waals surface area contributed by atoms with Gasteiger partial charge in [0.1, 0.15) is 0 Å². The Balaban J connectivity index is 3.01. The lowest BCUT2D eigenvalue weighted by Crippen LogP contribution is -1.80. The third-order valence-electron chi connectivity index (χ3n) is 4.12. The summed E-state index contributed by atoms with van der Waals surface area (Å²) in [5, 5.41) is 0. The zero-order valence-corrected chi connectivity index (χ0v) is 14.5. The molecule has 0 nitrogen and oxygen atoms in total. The molecule has 0 aromatic heterocycles. The summed E-state index contributed by atoms with van der Waals surface area (Å²) < 4.78 is 0. The van der Waals surface area contributed by atoms with Crippen LogP contribution < -0.4 is 0 Å². The minimum Gasteiger partial charge on any atom is -0.0885 e. The fourth-order valence-corrected chi connectivity index (χ4v) is 2.67. The quantitative estimate of drug-likeness (QED) is 0.200. The van der Waals surface area contributed by atoms with Gasteiger partial charge in [-0.15, -0.1) is 0 Å². The van der Waals surface area contributed by atoms with Crippen molar-refractivity contribution in [1.29, 1.82) is 0 Å². The average molecular weight is 281 g/mol. The minimum absolute atomic E-state index is 1.31. The molecule has 0 radical (unpaired) electrons. The van der Waals surface area contributed by atoms with E-state index >= 15 is 0 Å². The summed E-state index contributed by atoms with van der Waals surface area (Å²) in [6.07, 6.45) is 27.4. The Morgan fingerprint density at radius 2 is 0.700 bits per heavy atom. The molecule has 0 amide bonds. The second kappa shape index (κ2) is 18.7. The summed E-state index contributed by atoms with van der Waals surface area (Å²) in [4.78, 5) is 0. The van der Waals surface area contributed by atoms with Crippen LogP contribution in [-0.2, 0) is 0 Å². The summed E-state index contributed by atoms with van der Waals surface area (Å²) in [6.45, 7) is 4.57. The first-order chi connectivity index (χ1) is 9.91. The number of rotatable bonds is 16. The Labute approximate surface area is 129 Å². The van der Waals surface area contributed by atoms with E-state index in [4.69, 9.17) is 0 Å². The van der Waals surface area contributed by atoms with Gasteiger partial charge in [0.25, 0.3) is 0 Å². The highest BCUT2D eigenvalue weighted by molar-refractivity contribution is 4.81. The van der Waals surface area contributed by atoms with E-state index in [1.165, 1.54) is 103 Å². The molecule has 0 saturated carbocycles. The molecule has 0 aliphatic heterocycles. The molecular weight excluding hydrogens is 240 g/mol. The van der Waals surface area contributed by atoms with Crippen molar-refractivity contribution in [2.75, 3.05) is 0 Å². The van der Waals surface area contributed by atoms with Crippen LogP contribution in [0.3, 0.4) is 0 Å². The van der Waals surface area contributed by atoms with Crippen LogP contribution in [0.2, 0.25) is 0 Å². The van der Waals surface area contributed by atoms with E-state index in [9.17, 15) is 0 Å². The molecule has 0 bridgehead atoms. The summed E-state index contributed by atoms with van der Waals surface area (Å²) >= 11 is 0. The van der Waals surface area contributed by atoms with Gasteiger partial charge in [0.2, 0.25) is 0 Å². The van der Waals surface area contributed by atoms with Crippen molar-refractivity contribution in [1.82, 2.24) is 0 Å². The zero-order chi connectivity index (χ0) is 14.7. The molecule has 0 rings (SSSR count). The molecule has 0 aliphatic carbocycles. The van der Waals surface area contributed by atoms with E-state index in [-0.39, 0.29) is 0 Å². The summed E-state index contributed by atoms with van der Waals surface area (Å²) in [7, 11) is 0. The molecule has 0 N–H and O–H groups in total. The normalized spacial score (nSPS) is 11.5. The summed E-state index contributed by atoms with van der Waals surface area (Å²) in [5.74, 6) is 0. The monoisotopic (exact) mass is 280 g/mol. The van der Waals surface area contributed by atoms with Gasteiger partial charge in [-0.3, -0.25) is 0 Å². The van der Waals surface area contributed by atoms with Gasteiger partial charge in [0.15, 0.2) is 0 Å². The largest absolute Gasteiger partial charge is 0.0885 e. The molecule has 0 unspecified atom stereocenters. The third kappa shape index (κ3) is 17.7. The fraction of sp³-hybridized carbons (Fsp3) is 0.900. The molecule has 0 atom stereocenters. The molecule has 20 heavy (non-hydrogen) atoms. The van der Waals surface area contributed by atoms with E-state index in [0.717, 1.165) is 0 Å². The van der Waals surface area contributed by atoms with Gasteiger partial charge in [-0.1, -0.05) is 103 Å². The highest BCUT2D eigenvalue weighted by Gasteiger charge is 1.91. The molecule has 0 aliphatic rings. The van der Waals surface area contributed by atoms with Crippen molar-refractivity contribution in [2.45, 2.75) is 117 Å². The van der Waals surface area contributed by atoms with Crippen molar-refractivity contribution >= 4 is 0 Å². The van der Waals surface area contributed by atoms with Crippen molar-refractivity contribution in [2.24, 2.45) is 0 Å². The van der Waals surface area contributed by atoms with E-state index in [1.54, 1.807) is 0 Å². The second-order valence-electron chi connectivity index (χ2n) is 6.29. The van der Waals surface area contributed by atoms with Gasteiger partial charge >= 0.3 is 0 Å². The van der Waals surface area contributed by atoms with Gasteiger partial charge < -0.3 is 0 Å². The van der Waals surface area contributed by atoms with Gasteiger partial charge in [0, 0.05) is 0 Å². The Hall–Kier alpha value is -0.260. The van der Waals surface area contributed by atoms with Crippen molar-refractivity contribution in [3.05, 3.63) is 12.2 Å². The number of hydrogen-bond donors (Lipinski definition) is 0. The van der Waals surface area contributed by atoms with Crippen LogP contribution in [0.4, 0.5) is 0 Å². The maximum atomic E-state index is 2.42. The SMILES string of the molecule is CCCCCCCCC=CCCCCCCCCCC. The lowest BCUT2D eigenvalue weighted by atomic mass is 10.1.